The summed E-state index contributed by atoms with van der Waals surface area (Å²) >= 11 is 1.79. The first-order valence-corrected chi connectivity index (χ1v) is 5.48. The van der Waals surface area contributed by atoms with Gasteiger partial charge in [-0.2, -0.15) is 11.8 Å². The molecule has 2 N–H and O–H groups in total. The Hall–Kier alpha value is -0.620. The molecule has 5 nitrogen and oxygen atoms in total. The zero-order valence-electron chi connectivity index (χ0n) is 8.14. The summed E-state index contributed by atoms with van der Waals surface area (Å²) in [6.45, 7) is 4.83. The van der Waals surface area contributed by atoms with Crippen LogP contribution in [0.4, 0.5) is 0 Å². The number of nitrogens with two attached hydrogens (primary N) is 1. The van der Waals surface area contributed by atoms with Gasteiger partial charge in [-0.05, 0) is 23.6 Å². The SMILES string of the molecule is CSC(C)Cn1nnnc1C(C)N. The summed E-state index contributed by atoms with van der Waals surface area (Å²) in [6.07, 6.45) is 2.07. The van der Waals surface area contributed by atoms with Gasteiger partial charge in [0.1, 0.15) is 0 Å². The highest BCUT2D eigenvalue weighted by Gasteiger charge is 2.12. The Bertz CT molecular complexity index is 259. The summed E-state index contributed by atoms with van der Waals surface area (Å²) in [4.78, 5) is 0. The molecule has 74 valence electrons. The number of hydrogen-bond acceptors (Lipinski definition) is 5. The normalized spacial score (nSPS) is 15.7. The summed E-state index contributed by atoms with van der Waals surface area (Å²) in [5.41, 5.74) is 5.71. The monoisotopic (exact) mass is 201 g/mol. The molecule has 0 aliphatic carbocycles. The van der Waals surface area contributed by atoms with Crippen molar-refractivity contribution in [1.82, 2.24) is 20.2 Å². The van der Waals surface area contributed by atoms with Crippen LogP contribution < -0.4 is 5.73 Å². The zero-order valence-corrected chi connectivity index (χ0v) is 8.95. The van der Waals surface area contributed by atoms with Crippen molar-refractivity contribution in [2.45, 2.75) is 31.7 Å². The molecule has 0 radical (unpaired) electrons. The van der Waals surface area contributed by atoms with E-state index in [9.17, 15) is 0 Å². The van der Waals surface area contributed by atoms with E-state index in [1.54, 1.807) is 16.4 Å². The van der Waals surface area contributed by atoms with Crippen molar-refractivity contribution in [3.05, 3.63) is 5.82 Å². The van der Waals surface area contributed by atoms with Crippen LogP contribution in [0.15, 0.2) is 0 Å². The van der Waals surface area contributed by atoms with Crippen LogP contribution >= 0.6 is 11.8 Å². The second kappa shape index (κ2) is 4.57. The summed E-state index contributed by atoms with van der Waals surface area (Å²) < 4.78 is 1.77. The van der Waals surface area contributed by atoms with Gasteiger partial charge in [-0.3, -0.25) is 0 Å². The molecule has 6 heteroatoms. The Labute approximate surface area is 82.1 Å². The molecule has 1 aromatic heterocycles. The molecule has 2 atom stereocenters. The molecule has 0 aliphatic heterocycles. The van der Waals surface area contributed by atoms with E-state index in [1.807, 2.05) is 6.92 Å². The van der Waals surface area contributed by atoms with Gasteiger partial charge in [0, 0.05) is 5.25 Å². The number of rotatable bonds is 4. The van der Waals surface area contributed by atoms with Crippen molar-refractivity contribution in [1.29, 1.82) is 0 Å². The predicted octanol–water partition coefficient (Wildman–Crippen LogP) is 0.444. The van der Waals surface area contributed by atoms with Gasteiger partial charge < -0.3 is 5.73 Å². The molecule has 1 rings (SSSR count). The van der Waals surface area contributed by atoms with Gasteiger partial charge in [0.05, 0.1) is 12.6 Å². The van der Waals surface area contributed by atoms with Crippen LogP contribution in [-0.2, 0) is 6.54 Å². The average molecular weight is 201 g/mol. The molecule has 1 aromatic rings. The van der Waals surface area contributed by atoms with Crippen molar-refractivity contribution >= 4 is 11.8 Å². The molecular weight excluding hydrogens is 186 g/mol. The second-order valence-electron chi connectivity index (χ2n) is 3.05. The van der Waals surface area contributed by atoms with Crippen LogP contribution in [-0.4, -0.2) is 31.7 Å². The number of thioether (sulfide) groups is 1. The number of aromatic nitrogens is 4. The van der Waals surface area contributed by atoms with Crippen molar-refractivity contribution in [3.63, 3.8) is 0 Å². The maximum Gasteiger partial charge on any atom is 0.167 e. The quantitative estimate of drug-likeness (QED) is 0.765. The summed E-state index contributed by atoms with van der Waals surface area (Å²) in [5, 5.41) is 11.9. The summed E-state index contributed by atoms with van der Waals surface area (Å²) in [5.74, 6) is 0.751. The van der Waals surface area contributed by atoms with Gasteiger partial charge in [-0.15, -0.1) is 5.10 Å². The fourth-order valence-electron chi connectivity index (χ4n) is 0.986. The third-order valence-electron chi connectivity index (χ3n) is 1.80. The second-order valence-corrected chi connectivity index (χ2v) is 4.33. The molecule has 0 saturated heterocycles. The van der Waals surface area contributed by atoms with Gasteiger partial charge in [0.2, 0.25) is 0 Å². The summed E-state index contributed by atoms with van der Waals surface area (Å²) in [7, 11) is 0. The Morgan fingerprint density at radius 1 is 1.54 bits per heavy atom. The molecule has 0 spiro atoms. The van der Waals surface area contributed by atoms with Crippen LogP contribution in [0.2, 0.25) is 0 Å². The Morgan fingerprint density at radius 2 is 2.23 bits per heavy atom. The first kappa shape index (κ1) is 10.5. The Morgan fingerprint density at radius 3 is 2.77 bits per heavy atom. The Kier molecular flexibility index (Phi) is 3.68. The summed E-state index contributed by atoms with van der Waals surface area (Å²) in [6, 6.07) is -0.107. The highest BCUT2D eigenvalue weighted by Crippen LogP contribution is 2.10. The maximum atomic E-state index is 5.71. The van der Waals surface area contributed by atoms with Crippen molar-refractivity contribution in [3.8, 4) is 0 Å². The molecular formula is C7H15N5S. The lowest BCUT2D eigenvalue weighted by atomic mass is 10.3. The molecule has 1 heterocycles. The van der Waals surface area contributed by atoms with Crippen molar-refractivity contribution < 1.29 is 0 Å². The minimum atomic E-state index is -0.107. The number of hydrogen-bond donors (Lipinski definition) is 1. The number of nitrogens with zero attached hydrogens (tertiary/aromatic N) is 4. The van der Waals surface area contributed by atoms with E-state index in [1.165, 1.54) is 0 Å². The smallest absolute Gasteiger partial charge is 0.167 e. The van der Waals surface area contributed by atoms with Gasteiger partial charge >= 0.3 is 0 Å². The molecule has 0 bridgehead atoms. The first-order chi connectivity index (χ1) is 6.15. The molecule has 2 unspecified atom stereocenters. The number of tetrazole rings is 1. The molecule has 13 heavy (non-hydrogen) atoms. The van der Waals surface area contributed by atoms with Crippen molar-refractivity contribution in [2.75, 3.05) is 6.26 Å². The van der Waals surface area contributed by atoms with Crippen LogP contribution in [0.3, 0.4) is 0 Å². The minimum Gasteiger partial charge on any atom is -0.322 e. The van der Waals surface area contributed by atoms with E-state index in [4.69, 9.17) is 5.73 Å². The van der Waals surface area contributed by atoms with Crippen molar-refractivity contribution in [2.24, 2.45) is 5.73 Å². The molecule has 0 saturated carbocycles. The standard InChI is InChI=1S/C7H15N5S/c1-5(13-3)4-12-7(6(2)8)9-10-11-12/h5-6H,4,8H2,1-3H3. The van der Waals surface area contributed by atoms with Crippen LogP contribution in [0.25, 0.3) is 0 Å². The fraction of sp³-hybridized carbons (Fsp3) is 0.857. The zero-order chi connectivity index (χ0) is 9.84. The van der Waals surface area contributed by atoms with E-state index in [-0.39, 0.29) is 6.04 Å². The van der Waals surface area contributed by atoms with Gasteiger partial charge in [0.25, 0.3) is 0 Å². The van der Waals surface area contributed by atoms with E-state index in [0.717, 1.165) is 12.4 Å². The average Bonchev–Trinajstić information content (AvgIpc) is 2.52. The highest BCUT2D eigenvalue weighted by atomic mass is 32.2. The third-order valence-corrected chi connectivity index (χ3v) is 2.75. The van der Waals surface area contributed by atoms with Gasteiger partial charge in [-0.1, -0.05) is 6.92 Å². The topological polar surface area (TPSA) is 69.6 Å². The van der Waals surface area contributed by atoms with E-state index >= 15 is 0 Å². The highest BCUT2D eigenvalue weighted by molar-refractivity contribution is 7.99. The molecule has 0 aromatic carbocycles. The van der Waals surface area contributed by atoms with Crippen LogP contribution in [0, 0.1) is 0 Å². The van der Waals surface area contributed by atoms with Crippen LogP contribution in [0.1, 0.15) is 25.7 Å². The largest absolute Gasteiger partial charge is 0.322 e. The minimum absolute atomic E-state index is 0.107. The Balaban J connectivity index is 2.70. The molecule has 0 amide bonds. The third kappa shape index (κ3) is 2.67. The van der Waals surface area contributed by atoms with Crippen LogP contribution in [0.5, 0.6) is 0 Å². The maximum absolute atomic E-state index is 5.71. The molecule has 0 fully saturated rings. The first-order valence-electron chi connectivity index (χ1n) is 4.19. The fourth-order valence-corrected chi connectivity index (χ4v) is 1.28. The van der Waals surface area contributed by atoms with Gasteiger partial charge in [-0.25, -0.2) is 4.68 Å². The molecule has 0 aliphatic rings. The lowest BCUT2D eigenvalue weighted by molar-refractivity contribution is 0.542. The predicted molar refractivity (Wildman–Crippen MR) is 53.4 cm³/mol. The lowest BCUT2D eigenvalue weighted by Crippen LogP contribution is -2.18. The van der Waals surface area contributed by atoms with E-state index in [0.29, 0.717) is 5.25 Å². The lowest BCUT2D eigenvalue weighted by Gasteiger charge is -2.10. The van der Waals surface area contributed by atoms with E-state index < -0.39 is 0 Å². The van der Waals surface area contributed by atoms with Gasteiger partial charge in [0.15, 0.2) is 5.82 Å². The van der Waals surface area contributed by atoms with E-state index in [2.05, 4.69) is 28.7 Å².